The van der Waals surface area contributed by atoms with E-state index in [-0.39, 0.29) is 23.7 Å². The molecule has 16 heavy (non-hydrogen) atoms. The van der Waals surface area contributed by atoms with Gasteiger partial charge in [0.25, 0.3) is 0 Å². The summed E-state index contributed by atoms with van der Waals surface area (Å²) in [6, 6.07) is 10.2. The number of halogens is 1. The summed E-state index contributed by atoms with van der Waals surface area (Å²) in [7, 11) is 1.68. The van der Waals surface area contributed by atoms with Gasteiger partial charge in [0.1, 0.15) is 0 Å². The van der Waals surface area contributed by atoms with E-state index in [2.05, 4.69) is 19.1 Å². The summed E-state index contributed by atoms with van der Waals surface area (Å²) in [6.45, 7) is 2.06. The first-order valence-corrected chi connectivity index (χ1v) is 6.03. The highest BCUT2D eigenvalue weighted by atomic mass is 35.5. The molecule has 0 radical (unpaired) electrons. The second-order valence-electron chi connectivity index (χ2n) is 4.18. The number of methoxy groups -OCH3 is 1. The van der Waals surface area contributed by atoms with Crippen LogP contribution < -0.4 is 0 Å². The molecule has 0 bridgehead atoms. The minimum absolute atomic E-state index is 0.0350. The highest BCUT2D eigenvalue weighted by Gasteiger charge is 2.41. The Morgan fingerprint density at radius 3 is 2.56 bits per heavy atom. The number of rotatable bonds is 4. The van der Waals surface area contributed by atoms with Crippen molar-refractivity contribution in [2.45, 2.75) is 37.0 Å². The highest BCUT2D eigenvalue weighted by molar-refractivity contribution is 6.21. The largest absolute Gasteiger partial charge is 0.377 e. The first-order valence-electron chi connectivity index (χ1n) is 5.59. The molecule has 1 saturated carbocycles. The minimum Gasteiger partial charge on any atom is -0.377 e. The third-order valence-corrected chi connectivity index (χ3v) is 3.53. The van der Waals surface area contributed by atoms with Crippen molar-refractivity contribution in [1.82, 2.24) is 0 Å². The van der Waals surface area contributed by atoms with Gasteiger partial charge in [0.15, 0.2) is 0 Å². The van der Waals surface area contributed by atoms with Crippen LogP contribution in [0.5, 0.6) is 0 Å². The van der Waals surface area contributed by atoms with Gasteiger partial charge in [-0.25, -0.2) is 0 Å². The third kappa shape index (κ3) is 2.40. The lowest BCUT2D eigenvalue weighted by Crippen LogP contribution is -2.50. The molecule has 4 unspecified atom stereocenters. The van der Waals surface area contributed by atoms with E-state index < -0.39 is 0 Å². The third-order valence-electron chi connectivity index (χ3n) is 3.10. The molecule has 0 heterocycles. The molecule has 0 aromatic heterocycles. The lowest BCUT2D eigenvalue weighted by atomic mass is 9.90. The molecule has 1 aliphatic carbocycles. The van der Waals surface area contributed by atoms with E-state index in [1.165, 1.54) is 5.56 Å². The van der Waals surface area contributed by atoms with Crippen molar-refractivity contribution in [3.05, 3.63) is 35.9 Å². The Morgan fingerprint density at radius 1 is 1.31 bits per heavy atom. The Labute approximate surface area is 102 Å². The molecule has 1 aliphatic rings. The summed E-state index contributed by atoms with van der Waals surface area (Å²) in [5, 5.41) is 0.0953. The van der Waals surface area contributed by atoms with Crippen LogP contribution >= 0.6 is 11.6 Å². The SMILES string of the molecule is COC1C(Cl)CC1OC(C)c1ccccc1. The number of ether oxygens (including phenoxy) is 2. The Morgan fingerprint density at radius 2 is 2.00 bits per heavy atom. The molecule has 0 spiro atoms. The summed E-state index contributed by atoms with van der Waals surface area (Å²) in [5.74, 6) is 0. The molecule has 1 aromatic carbocycles. The molecular weight excluding hydrogens is 224 g/mol. The van der Waals surface area contributed by atoms with E-state index in [1.54, 1.807) is 7.11 Å². The minimum atomic E-state index is 0.0350. The van der Waals surface area contributed by atoms with Gasteiger partial charge in [-0.05, 0) is 18.9 Å². The Bertz CT molecular complexity index is 328. The van der Waals surface area contributed by atoms with Crippen LogP contribution in [0.3, 0.4) is 0 Å². The van der Waals surface area contributed by atoms with Crippen LogP contribution in [0.4, 0.5) is 0 Å². The fourth-order valence-electron chi connectivity index (χ4n) is 2.02. The van der Waals surface area contributed by atoms with Gasteiger partial charge in [-0.3, -0.25) is 0 Å². The number of alkyl halides is 1. The van der Waals surface area contributed by atoms with Crippen LogP contribution in [0.25, 0.3) is 0 Å². The Balaban J connectivity index is 1.91. The quantitative estimate of drug-likeness (QED) is 0.753. The first-order chi connectivity index (χ1) is 7.72. The topological polar surface area (TPSA) is 18.5 Å². The van der Waals surface area contributed by atoms with Crippen molar-refractivity contribution in [3.63, 3.8) is 0 Å². The van der Waals surface area contributed by atoms with Crippen LogP contribution in [0.2, 0.25) is 0 Å². The Kier molecular flexibility index (Phi) is 3.85. The van der Waals surface area contributed by atoms with Crippen molar-refractivity contribution in [3.8, 4) is 0 Å². The zero-order chi connectivity index (χ0) is 11.5. The lowest BCUT2D eigenvalue weighted by molar-refractivity contribution is -0.134. The average molecular weight is 241 g/mol. The molecule has 2 nitrogen and oxygen atoms in total. The predicted octanol–water partition coefficient (Wildman–Crippen LogP) is 3.16. The zero-order valence-electron chi connectivity index (χ0n) is 9.60. The molecule has 3 heteroatoms. The van der Waals surface area contributed by atoms with Crippen LogP contribution in [-0.2, 0) is 9.47 Å². The molecule has 1 fully saturated rings. The molecule has 0 saturated heterocycles. The fourth-order valence-corrected chi connectivity index (χ4v) is 2.47. The molecule has 88 valence electrons. The van der Waals surface area contributed by atoms with Crippen molar-refractivity contribution < 1.29 is 9.47 Å². The van der Waals surface area contributed by atoms with Gasteiger partial charge in [0.05, 0.1) is 23.7 Å². The summed E-state index contributed by atoms with van der Waals surface area (Å²) in [6.07, 6.45) is 1.13. The lowest BCUT2D eigenvalue weighted by Gasteiger charge is -2.41. The van der Waals surface area contributed by atoms with Gasteiger partial charge < -0.3 is 9.47 Å². The predicted molar refractivity (Wildman–Crippen MR) is 64.8 cm³/mol. The van der Waals surface area contributed by atoms with Gasteiger partial charge in [-0.2, -0.15) is 0 Å². The van der Waals surface area contributed by atoms with Gasteiger partial charge >= 0.3 is 0 Å². The van der Waals surface area contributed by atoms with E-state index in [1.807, 2.05) is 18.2 Å². The smallest absolute Gasteiger partial charge is 0.0997 e. The molecule has 0 N–H and O–H groups in total. The van der Waals surface area contributed by atoms with Crippen molar-refractivity contribution in [2.75, 3.05) is 7.11 Å². The van der Waals surface area contributed by atoms with Gasteiger partial charge in [-0.1, -0.05) is 30.3 Å². The zero-order valence-corrected chi connectivity index (χ0v) is 10.4. The van der Waals surface area contributed by atoms with Crippen molar-refractivity contribution in [1.29, 1.82) is 0 Å². The second kappa shape index (κ2) is 5.17. The fraction of sp³-hybridized carbons (Fsp3) is 0.538. The monoisotopic (exact) mass is 240 g/mol. The number of hydrogen-bond donors (Lipinski definition) is 0. The van der Waals surface area contributed by atoms with E-state index in [9.17, 15) is 0 Å². The maximum Gasteiger partial charge on any atom is 0.0997 e. The first kappa shape index (κ1) is 11.9. The van der Waals surface area contributed by atoms with E-state index in [0.29, 0.717) is 0 Å². The molecule has 0 aliphatic heterocycles. The number of hydrogen-bond acceptors (Lipinski definition) is 2. The highest BCUT2D eigenvalue weighted by Crippen LogP contribution is 2.34. The molecule has 2 rings (SSSR count). The van der Waals surface area contributed by atoms with E-state index in [4.69, 9.17) is 21.1 Å². The molecule has 4 atom stereocenters. The summed E-state index contributed by atoms with van der Waals surface area (Å²) in [4.78, 5) is 0. The standard InChI is InChI=1S/C13H17ClO2/c1-9(10-6-4-3-5-7-10)16-12-8-11(14)13(12)15-2/h3-7,9,11-13H,8H2,1-2H3. The number of benzene rings is 1. The summed E-state index contributed by atoms with van der Waals surface area (Å²) >= 11 is 6.03. The van der Waals surface area contributed by atoms with Crippen LogP contribution in [0.1, 0.15) is 25.0 Å². The van der Waals surface area contributed by atoms with Crippen molar-refractivity contribution >= 4 is 11.6 Å². The summed E-state index contributed by atoms with van der Waals surface area (Å²) < 4.78 is 11.2. The van der Waals surface area contributed by atoms with E-state index in [0.717, 1.165) is 6.42 Å². The second-order valence-corrected chi connectivity index (χ2v) is 4.74. The average Bonchev–Trinajstić information content (AvgIpc) is 2.30. The van der Waals surface area contributed by atoms with E-state index >= 15 is 0 Å². The van der Waals surface area contributed by atoms with Gasteiger partial charge in [0, 0.05) is 7.11 Å². The van der Waals surface area contributed by atoms with Crippen LogP contribution in [0.15, 0.2) is 30.3 Å². The maximum absolute atomic E-state index is 6.03. The summed E-state index contributed by atoms with van der Waals surface area (Å²) in [5.41, 5.74) is 1.19. The van der Waals surface area contributed by atoms with Gasteiger partial charge in [0.2, 0.25) is 0 Å². The molecule has 0 amide bonds. The van der Waals surface area contributed by atoms with Crippen molar-refractivity contribution in [2.24, 2.45) is 0 Å². The normalized spacial score (nSPS) is 30.8. The van der Waals surface area contributed by atoms with Crippen LogP contribution in [0, 0.1) is 0 Å². The maximum atomic E-state index is 6.03. The Hall–Kier alpha value is -0.570. The molecular formula is C13H17ClO2. The van der Waals surface area contributed by atoms with Gasteiger partial charge in [-0.15, -0.1) is 11.6 Å². The molecule has 1 aromatic rings. The van der Waals surface area contributed by atoms with Crippen LogP contribution in [-0.4, -0.2) is 24.7 Å².